The Morgan fingerprint density at radius 3 is 2.09 bits per heavy atom. The molecule has 1 heterocycles. The Kier molecular flexibility index (Phi) is 7.44. The standard InChI is InChI=1S/C22H26N2O8/c1-23-21(29)12-6-13(22(30)24-2)9-15(8-12)31-14-5-3-4-11(7-14)20-19(28)18(27)17(26)16(10-25)32-20/h3-9,16-20,25-28H,10H2,1-2H3,(H,23,29)(H,24,30)/t16?,17-,18?,19?,20-/m1/s1. The molecule has 0 spiro atoms. The van der Waals surface area contributed by atoms with E-state index in [9.17, 15) is 30.0 Å². The zero-order chi connectivity index (χ0) is 23.4. The Labute approximate surface area is 184 Å². The molecule has 2 aromatic carbocycles. The molecule has 3 unspecified atom stereocenters. The fourth-order valence-corrected chi connectivity index (χ4v) is 3.48. The van der Waals surface area contributed by atoms with E-state index in [1.165, 1.54) is 32.3 Å². The molecule has 32 heavy (non-hydrogen) atoms. The summed E-state index contributed by atoms with van der Waals surface area (Å²) in [6, 6.07) is 10.8. The summed E-state index contributed by atoms with van der Waals surface area (Å²) in [6.07, 6.45) is -6.45. The first-order chi connectivity index (χ1) is 15.3. The first-order valence-electron chi connectivity index (χ1n) is 9.96. The van der Waals surface area contributed by atoms with Crippen LogP contribution in [0.15, 0.2) is 42.5 Å². The number of carbonyl (C=O) groups is 2. The summed E-state index contributed by atoms with van der Waals surface area (Å²) in [6.45, 7) is -0.536. The van der Waals surface area contributed by atoms with Gasteiger partial charge in [-0.25, -0.2) is 0 Å². The van der Waals surface area contributed by atoms with Gasteiger partial charge in [-0.3, -0.25) is 9.59 Å². The Hall–Kier alpha value is -3.02. The number of rotatable bonds is 6. The van der Waals surface area contributed by atoms with Gasteiger partial charge < -0.3 is 40.5 Å². The molecule has 0 saturated carbocycles. The van der Waals surface area contributed by atoms with Crippen molar-refractivity contribution in [1.29, 1.82) is 0 Å². The number of carbonyl (C=O) groups excluding carboxylic acids is 2. The molecular weight excluding hydrogens is 420 g/mol. The average Bonchev–Trinajstić information content (AvgIpc) is 2.81. The highest BCUT2D eigenvalue weighted by Gasteiger charge is 2.44. The van der Waals surface area contributed by atoms with Crippen LogP contribution in [0.2, 0.25) is 0 Å². The third-order valence-corrected chi connectivity index (χ3v) is 5.20. The number of hydrogen-bond acceptors (Lipinski definition) is 8. The van der Waals surface area contributed by atoms with Crippen molar-refractivity contribution in [3.63, 3.8) is 0 Å². The second kappa shape index (κ2) is 10.1. The van der Waals surface area contributed by atoms with E-state index in [-0.39, 0.29) is 16.9 Å². The Bertz CT molecular complexity index is 946. The van der Waals surface area contributed by atoms with Gasteiger partial charge in [0.2, 0.25) is 0 Å². The zero-order valence-electron chi connectivity index (χ0n) is 17.6. The first-order valence-corrected chi connectivity index (χ1v) is 9.96. The second-order valence-corrected chi connectivity index (χ2v) is 7.33. The molecule has 0 aromatic heterocycles. The van der Waals surface area contributed by atoms with Gasteiger partial charge in [-0.1, -0.05) is 12.1 Å². The summed E-state index contributed by atoms with van der Waals surface area (Å²) in [4.78, 5) is 24.2. The summed E-state index contributed by atoms with van der Waals surface area (Å²) >= 11 is 0. The molecule has 1 aliphatic rings. The molecule has 2 aromatic rings. The van der Waals surface area contributed by atoms with E-state index in [1.54, 1.807) is 24.3 Å². The van der Waals surface area contributed by atoms with Crippen LogP contribution in [0.4, 0.5) is 0 Å². The molecule has 10 heteroatoms. The van der Waals surface area contributed by atoms with Crippen molar-refractivity contribution in [3.05, 3.63) is 59.2 Å². The van der Waals surface area contributed by atoms with Gasteiger partial charge in [0, 0.05) is 25.2 Å². The minimum atomic E-state index is -1.50. The largest absolute Gasteiger partial charge is 0.457 e. The lowest BCUT2D eigenvalue weighted by Crippen LogP contribution is -2.55. The first kappa shape index (κ1) is 23.6. The maximum atomic E-state index is 12.1. The third-order valence-electron chi connectivity index (χ3n) is 5.20. The number of ether oxygens (including phenoxy) is 2. The van der Waals surface area contributed by atoms with E-state index in [0.29, 0.717) is 11.3 Å². The van der Waals surface area contributed by atoms with Crippen LogP contribution in [-0.4, -0.2) is 77.4 Å². The van der Waals surface area contributed by atoms with Gasteiger partial charge in [-0.05, 0) is 35.9 Å². The molecule has 2 amide bonds. The highest BCUT2D eigenvalue weighted by molar-refractivity contribution is 6.00. The Balaban J connectivity index is 1.90. The lowest BCUT2D eigenvalue weighted by molar-refractivity contribution is -0.231. The predicted octanol–water partition coefficient (Wildman–Crippen LogP) is -0.287. The summed E-state index contributed by atoms with van der Waals surface area (Å²) in [5.74, 6) is -0.238. The molecule has 1 aliphatic heterocycles. The van der Waals surface area contributed by atoms with Gasteiger partial charge >= 0.3 is 0 Å². The average molecular weight is 446 g/mol. The highest BCUT2D eigenvalue weighted by atomic mass is 16.5. The van der Waals surface area contributed by atoms with Crippen LogP contribution >= 0.6 is 0 Å². The van der Waals surface area contributed by atoms with Gasteiger partial charge in [0.25, 0.3) is 11.8 Å². The number of amides is 2. The van der Waals surface area contributed by atoms with Crippen molar-refractivity contribution in [2.24, 2.45) is 0 Å². The summed E-state index contributed by atoms with van der Waals surface area (Å²) in [5, 5.41) is 44.8. The van der Waals surface area contributed by atoms with Crippen molar-refractivity contribution in [2.45, 2.75) is 30.5 Å². The maximum Gasteiger partial charge on any atom is 0.251 e. The number of aliphatic hydroxyl groups is 4. The summed E-state index contributed by atoms with van der Waals surface area (Å²) < 4.78 is 11.4. The molecule has 0 aliphatic carbocycles. The Morgan fingerprint density at radius 1 is 0.906 bits per heavy atom. The highest BCUT2D eigenvalue weighted by Crippen LogP contribution is 2.34. The van der Waals surface area contributed by atoms with Crippen LogP contribution in [0.3, 0.4) is 0 Å². The maximum absolute atomic E-state index is 12.1. The number of aliphatic hydroxyl groups excluding tert-OH is 4. The van der Waals surface area contributed by atoms with E-state index in [2.05, 4.69) is 10.6 Å². The van der Waals surface area contributed by atoms with Crippen LogP contribution in [0.25, 0.3) is 0 Å². The topological polar surface area (TPSA) is 158 Å². The molecule has 0 radical (unpaired) electrons. The van der Waals surface area contributed by atoms with E-state index in [0.717, 1.165) is 0 Å². The van der Waals surface area contributed by atoms with E-state index < -0.39 is 48.9 Å². The number of hydrogen-bond donors (Lipinski definition) is 6. The van der Waals surface area contributed by atoms with Gasteiger partial charge in [-0.15, -0.1) is 0 Å². The van der Waals surface area contributed by atoms with Crippen molar-refractivity contribution in [3.8, 4) is 11.5 Å². The van der Waals surface area contributed by atoms with Gasteiger partial charge in [0.1, 0.15) is 42.0 Å². The third kappa shape index (κ3) is 4.90. The number of benzene rings is 2. The van der Waals surface area contributed by atoms with Crippen molar-refractivity contribution in [2.75, 3.05) is 20.7 Å². The fourth-order valence-electron chi connectivity index (χ4n) is 3.48. The molecule has 1 fully saturated rings. The summed E-state index contributed by atoms with van der Waals surface area (Å²) in [7, 11) is 2.94. The van der Waals surface area contributed by atoms with Crippen LogP contribution in [-0.2, 0) is 4.74 Å². The lowest BCUT2D eigenvalue weighted by atomic mass is 9.91. The molecule has 0 bridgehead atoms. The molecule has 3 rings (SSSR count). The lowest BCUT2D eigenvalue weighted by Gasteiger charge is -2.40. The van der Waals surface area contributed by atoms with Crippen molar-refractivity contribution < 1.29 is 39.5 Å². The van der Waals surface area contributed by atoms with Crippen molar-refractivity contribution >= 4 is 11.8 Å². The van der Waals surface area contributed by atoms with Gasteiger partial charge in [0.05, 0.1) is 6.61 Å². The molecular formula is C22H26N2O8. The molecule has 10 nitrogen and oxygen atoms in total. The fraction of sp³-hybridized carbons (Fsp3) is 0.364. The molecule has 172 valence electrons. The predicted molar refractivity (Wildman–Crippen MR) is 112 cm³/mol. The molecule has 1 saturated heterocycles. The van der Waals surface area contributed by atoms with E-state index in [4.69, 9.17) is 9.47 Å². The SMILES string of the molecule is CNC(=O)c1cc(Oc2cccc([C@H]3OC(CO)[C@@H](O)C(O)C3O)c2)cc(C(=O)NC)c1. The quantitative estimate of drug-likeness (QED) is 0.353. The molecule has 5 atom stereocenters. The minimum absolute atomic E-state index is 0.230. The van der Waals surface area contributed by atoms with Crippen LogP contribution < -0.4 is 15.4 Å². The summed E-state index contributed by atoms with van der Waals surface area (Å²) in [5.41, 5.74) is 0.899. The number of nitrogens with one attached hydrogen (secondary N) is 2. The smallest absolute Gasteiger partial charge is 0.251 e. The molecule has 6 N–H and O–H groups in total. The van der Waals surface area contributed by atoms with Gasteiger partial charge in [-0.2, -0.15) is 0 Å². The zero-order valence-corrected chi connectivity index (χ0v) is 17.6. The monoisotopic (exact) mass is 446 g/mol. The van der Waals surface area contributed by atoms with E-state index >= 15 is 0 Å². The van der Waals surface area contributed by atoms with Crippen molar-refractivity contribution in [1.82, 2.24) is 10.6 Å². The normalized spacial score (nSPS) is 25.1. The van der Waals surface area contributed by atoms with Crippen LogP contribution in [0.5, 0.6) is 11.5 Å². The second-order valence-electron chi connectivity index (χ2n) is 7.33. The van der Waals surface area contributed by atoms with E-state index in [1.807, 2.05) is 0 Å². The Morgan fingerprint density at radius 2 is 1.53 bits per heavy atom. The van der Waals surface area contributed by atoms with Gasteiger partial charge in [0.15, 0.2) is 0 Å². The van der Waals surface area contributed by atoms with Crippen LogP contribution in [0.1, 0.15) is 32.4 Å². The minimum Gasteiger partial charge on any atom is -0.457 e. The van der Waals surface area contributed by atoms with Crippen LogP contribution in [0, 0.1) is 0 Å².